The first-order valence-electron chi connectivity index (χ1n) is 10.7. The Labute approximate surface area is 197 Å². The molecule has 2 aromatic carbocycles. The number of nitrogens with zero attached hydrogens (tertiary/aromatic N) is 3. The van der Waals surface area contributed by atoms with E-state index in [1.54, 1.807) is 30.5 Å². The average molecular weight is 457 g/mol. The molecule has 7 heteroatoms. The topological polar surface area (TPSA) is 73.5 Å². The molecule has 0 aliphatic carbocycles. The molecule has 2 atom stereocenters. The van der Waals surface area contributed by atoms with Gasteiger partial charge in [0.25, 0.3) is 0 Å². The van der Waals surface area contributed by atoms with Crippen LogP contribution in [0.2, 0.25) is 0 Å². The lowest BCUT2D eigenvalue weighted by molar-refractivity contribution is 0.472. The van der Waals surface area contributed by atoms with E-state index < -0.39 is 0 Å². The summed E-state index contributed by atoms with van der Waals surface area (Å²) in [6.45, 7) is 4.14. The number of phenols is 2. The highest BCUT2D eigenvalue weighted by atomic mass is 32.1. The molecule has 33 heavy (non-hydrogen) atoms. The summed E-state index contributed by atoms with van der Waals surface area (Å²) in [4.78, 5) is 6.58. The molecule has 0 saturated carbocycles. The van der Waals surface area contributed by atoms with Gasteiger partial charge in [0.1, 0.15) is 11.5 Å². The first-order valence-corrected chi connectivity index (χ1v) is 11.1. The van der Waals surface area contributed by atoms with Crippen LogP contribution in [0.15, 0.2) is 79.0 Å². The van der Waals surface area contributed by atoms with Crippen molar-refractivity contribution in [3.8, 4) is 17.2 Å². The highest BCUT2D eigenvalue weighted by Crippen LogP contribution is 2.45. The van der Waals surface area contributed by atoms with E-state index in [1.807, 2.05) is 47.4 Å². The van der Waals surface area contributed by atoms with Crippen molar-refractivity contribution in [3.05, 3.63) is 102 Å². The van der Waals surface area contributed by atoms with Crippen molar-refractivity contribution in [1.29, 1.82) is 0 Å². The van der Waals surface area contributed by atoms with Crippen LogP contribution < -0.4 is 10.2 Å². The van der Waals surface area contributed by atoms with Gasteiger partial charge < -0.3 is 25.0 Å². The minimum Gasteiger partial charge on any atom is -0.508 e. The Balaban J connectivity index is 1.69. The molecular weight excluding hydrogens is 432 g/mol. The molecule has 6 nitrogen and oxygen atoms in total. The van der Waals surface area contributed by atoms with Gasteiger partial charge in [0, 0.05) is 23.3 Å². The summed E-state index contributed by atoms with van der Waals surface area (Å²) < 4.78 is 2.16. The van der Waals surface area contributed by atoms with Crippen molar-refractivity contribution in [3.63, 3.8) is 0 Å². The Morgan fingerprint density at radius 1 is 0.939 bits per heavy atom. The van der Waals surface area contributed by atoms with E-state index in [2.05, 4.69) is 34.8 Å². The minimum atomic E-state index is -0.224. The number of anilines is 1. The first kappa shape index (κ1) is 21.0. The number of hydrogen-bond acceptors (Lipinski definition) is 4. The molecule has 166 valence electrons. The lowest BCUT2D eigenvalue weighted by atomic mass is 9.96. The van der Waals surface area contributed by atoms with Gasteiger partial charge in [-0.05, 0) is 86.2 Å². The Bertz CT molecular complexity index is 1320. The van der Waals surface area contributed by atoms with E-state index in [-0.39, 0.29) is 23.6 Å². The molecule has 3 N–H and O–H groups in total. The molecule has 0 unspecified atom stereocenters. The molecule has 0 spiro atoms. The normalized spacial score (nSPS) is 17.9. The lowest BCUT2D eigenvalue weighted by Crippen LogP contribution is -2.29. The van der Waals surface area contributed by atoms with Crippen molar-refractivity contribution in [2.75, 3.05) is 4.90 Å². The fourth-order valence-electron chi connectivity index (χ4n) is 4.68. The van der Waals surface area contributed by atoms with Crippen molar-refractivity contribution >= 4 is 23.0 Å². The largest absolute Gasteiger partial charge is 0.508 e. The maximum Gasteiger partial charge on any atom is 0.174 e. The number of hydrogen-bond donors (Lipinski definition) is 3. The number of pyridine rings is 1. The Morgan fingerprint density at radius 2 is 1.67 bits per heavy atom. The summed E-state index contributed by atoms with van der Waals surface area (Å²) in [5, 5.41) is 24.4. The number of para-hydroxylation sites is 2. The van der Waals surface area contributed by atoms with Crippen LogP contribution in [0.25, 0.3) is 5.69 Å². The fourth-order valence-corrected chi connectivity index (χ4v) is 5.02. The number of phenolic OH excluding ortho intramolecular Hbond substituents is 2. The molecule has 0 bridgehead atoms. The van der Waals surface area contributed by atoms with Crippen LogP contribution in [0.1, 0.15) is 34.7 Å². The van der Waals surface area contributed by atoms with E-state index in [9.17, 15) is 10.2 Å². The Morgan fingerprint density at radius 3 is 2.36 bits per heavy atom. The zero-order valence-electron chi connectivity index (χ0n) is 18.3. The van der Waals surface area contributed by atoms with Crippen LogP contribution in [0, 0.1) is 13.8 Å². The van der Waals surface area contributed by atoms with Crippen LogP contribution in [0.3, 0.4) is 0 Å². The molecular formula is C26H24N4O2S. The number of benzene rings is 2. The number of aromatic hydroxyl groups is 2. The number of thiocarbonyl (C=S) groups is 1. The lowest BCUT2D eigenvalue weighted by Gasteiger charge is -2.28. The fraction of sp³-hybridized carbons (Fsp3) is 0.154. The van der Waals surface area contributed by atoms with Gasteiger partial charge in [0.15, 0.2) is 5.11 Å². The average Bonchev–Trinajstić information content (AvgIpc) is 3.31. The summed E-state index contributed by atoms with van der Waals surface area (Å²) in [5.74, 6) is 0.397. The molecule has 1 aliphatic heterocycles. The number of nitrogens with one attached hydrogen (secondary N) is 1. The third-order valence-electron chi connectivity index (χ3n) is 6.14. The van der Waals surface area contributed by atoms with Crippen molar-refractivity contribution in [1.82, 2.24) is 14.9 Å². The smallest absolute Gasteiger partial charge is 0.174 e. The van der Waals surface area contributed by atoms with Crippen molar-refractivity contribution in [2.24, 2.45) is 0 Å². The number of aryl methyl sites for hydroxylation is 1. The highest BCUT2D eigenvalue weighted by Gasteiger charge is 2.43. The van der Waals surface area contributed by atoms with Gasteiger partial charge in [0.05, 0.1) is 23.5 Å². The molecule has 3 heterocycles. The third-order valence-corrected chi connectivity index (χ3v) is 6.45. The third kappa shape index (κ3) is 3.60. The predicted octanol–water partition coefficient (Wildman–Crippen LogP) is 5.08. The molecule has 5 rings (SSSR count). The van der Waals surface area contributed by atoms with Crippen LogP contribution >= 0.6 is 12.2 Å². The molecule has 1 fully saturated rings. The Kier molecular flexibility index (Phi) is 5.26. The molecule has 0 radical (unpaired) electrons. The summed E-state index contributed by atoms with van der Waals surface area (Å²) in [6, 6.07) is 22.0. The predicted molar refractivity (Wildman–Crippen MR) is 133 cm³/mol. The summed E-state index contributed by atoms with van der Waals surface area (Å²) in [5.41, 5.74) is 5.67. The minimum absolute atomic E-state index is 0.167. The van der Waals surface area contributed by atoms with Gasteiger partial charge in [-0.25, -0.2) is 0 Å². The zero-order valence-corrected chi connectivity index (χ0v) is 19.1. The summed E-state index contributed by atoms with van der Waals surface area (Å²) in [7, 11) is 0. The van der Waals surface area contributed by atoms with E-state index in [4.69, 9.17) is 12.2 Å². The van der Waals surface area contributed by atoms with E-state index in [0.717, 1.165) is 28.3 Å². The van der Waals surface area contributed by atoms with Gasteiger partial charge in [-0.15, -0.1) is 0 Å². The number of rotatable bonds is 4. The summed E-state index contributed by atoms with van der Waals surface area (Å²) in [6.07, 6.45) is 1.78. The van der Waals surface area contributed by atoms with Gasteiger partial charge >= 0.3 is 0 Å². The van der Waals surface area contributed by atoms with Crippen LogP contribution in [0.4, 0.5) is 5.69 Å². The zero-order chi connectivity index (χ0) is 23.1. The second kappa shape index (κ2) is 8.26. The van der Waals surface area contributed by atoms with E-state index >= 15 is 0 Å². The SMILES string of the molecule is Cc1cc([C@H]2[C@@H](c3ccccn3)NC(=S)N2c2ccccc2O)c(C)n1-c1ccc(O)cc1. The Hall–Kier alpha value is -3.84. The van der Waals surface area contributed by atoms with Gasteiger partial charge in [0.2, 0.25) is 0 Å². The molecule has 1 saturated heterocycles. The number of aromatic nitrogens is 2. The standard InChI is InChI=1S/C26H24N4O2S/c1-16-15-20(17(2)29(16)18-10-12-19(31)13-11-18)25-24(21-7-5-6-14-27-21)28-26(33)30(25)22-8-3-4-9-23(22)32/h3-15,24-25,31-32H,1-2H3,(H,28,33)/t24-,25+/m1/s1. The molecule has 0 amide bonds. The monoisotopic (exact) mass is 456 g/mol. The van der Waals surface area contributed by atoms with Crippen LogP contribution in [-0.2, 0) is 0 Å². The first-order chi connectivity index (χ1) is 16.0. The van der Waals surface area contributed by atoms with Crippen LogP contribution in [0.5, 0.6) is 11.5 Å². The maximum absolute atomic E-state index is 10.7. The second-order valence-corrected chi connectivity index (χ2v) is 8.55. The quantitative estimate of drug-likeness (QED) is 0.372. The van der Waals surface area contributed by atoms with Gasteiger partial charge in [-0.1, -0.05) is 18.2 Å². The second-order valence-electron chi connectivity index (χ2n) is 8.16. The van der Waals surface area contributed by atoms with Gasteiger partial charge in [-0.2, -0.15) is 0 Å². The van der Waals surface area contributed by atoms with Crippen LogP contribution in [-0.4, -0.2) is 24.9 Å². The molecule has 4 aromatic rings. The highest BCUT2D eigenvalue weighted by molar-refractivity contribution is 7.80. The molecule has 2 aromatic heterocycles. The van der Waals surface area contributed by atoms with Crippen molar-refractivity contribution < 1.29 is 10.2 Å². The maximum atomic E-state index is 10.7. The van der Waals surface area contributed by atoms with Crippen molar-refractivity contribution in [2.45, 2.75) is 25.9 Å². The molecule has 1 aliphatic rings. The van der Waals surface area contributed by atoms with Gasteiger partial charge in [-0.3, -0.25) is 4.98 Å². The van der Waals surface area contributed by atoms with E-state index in [0.29, 0.717) is 10.8 Å². The van der Waals surface area contributed by atoms with E-state index in [1.165, 1.54) is 0 Å². The summed E-state index contributed by atoms with van der Waals surface area (Å²) >= 11 is 5.77.